The molecule has 0 atom stereocenters. The molecule has 3 N–H and O–H groups in total. The summed E-state index contributed by atoms with van der Waals surface area (Å²) in [6, 6.07) is 11.5. The van der Waals surface area contributed by atoms with Crippen molar-refractivity contribution in [1.82, 2.24) is 5.32 Å². The summed E-state index contributed by atoms with van der Waals surface area (Å²) in [6.45, 7) is 2.10. The van der Waals surface area contributed by atoms with Crippen LogP contribution in [0.5, 0.6) is 5.75 Å². The Morgan fingerprint density at radius 2 is 1.88 bits per heavy atom. The second-order valence-corrected chi connectivity index (χ2v) is 7.58. The number of amides is 1. The van der Waals surface area contributed by atoms with Crippen molar-refractivity contribution in [2.45, 2.75) is 18.4 Å². The summed E-state index contributed by atoms with van der Waals surface area (Å²) in [5.74, 6) is 0.342. The standard InChI is InChI=1S/C16H17BrN2O4S/c1-11-8-13(4-7-15(11)17)23-10-16(20)19-9-12-2-5-14(6-3-12)24(18,21)22/h2-8H,9-10H2,1H3,(H,19,20)(H2,18,21,22). The highest BCUT2D eigenvalue weighted by molar-refractivity contribution is 9.10. The summed E-state index contributed by atoms with van der Waals surface area (Å²) in [6.07, 6.45) is 0. The number of hydrogen-bond acceptors (Lipinski definition) is 4. The molecule has 0 radical (unpaired) electrons. The molecule has 0 bridgehead atoms. The summed E-state index contributed by atoms with van der Waals surface area (Å²) in [5, 5.41) is 7.73. The number of carbonyl (C=O) groups is 1. The van der Waals surface area contributed by atoms with Crippen LogP contribution in [0.1, 0.15) is 11.1 Å². The lowest BCUT2D eigenvalue weighted by atomic mass is 10.2. The van der Waals surface area contributed by atoms with Crippen molar-refractivity contribution >= 4 is 31.9 Å². The number of nitrogens with one attached hydrogen (secondary N) is 1. The molecule has 0 heterocycles. The number of benzene rings is 2. The number of ether oxygens (including phenoxy) is 1. The van der Waals surface area contributed by atoms with Gasteiger partial charge in [0.2, 0.25) is 10.0 Å². The SMILES string of the molecule is Cc1cc(OCC(=O)NCc2ccc(S(N)(=O)=O)cc2)ccc1Br. The molecule has 0 aliphatic carbocycles. The van der Waals surface area contributed by atoms with Crippen LogP contribution >= 0.6 is 15.9 Å². The molecule has 24 heavy (non-hydrogen) atoms. The third kappa shape index (κ3) is 5.33. The molecule has 0 unspecified atom stereocenters. The van der Waals surface area contributed by atoms with Crippen molar-refractivity contribution < 1.29 is 17.9 Å². The van der Waals surface area contributed by atoms with Crippen molar-refractivity contribution in [3.63, 3.8) is 0 Å². The Morgan fingerprint density at radius 1 is 1.21 bits per heavy atom. The first-order valence-electron chi connectivity index (χ1n) is 7.03. The van der Waals surface area contributed by atoms with Gasteiger partial charge in [0, 0.05) is 11.0 Å². The van der Waals surface area contributed by atoms with Gasteiger partial charge in [-0.3, -0.25) is 4.79 Å². The average Bonchev–Trinajstić information content (AvgIpc) is 2.53. The first-order valence-corrected chi connectivity index (χ1v) is 9.37. The smallest absolute Gasteiger partial charge is 0.258 e. The number of primary sulfonamides is 1. The topological polar surface area (TPSA) is 98.5 Å². The van der Waals surface area contributed by atoms with Gasteiger partial charge >= 0.3 is 0 Å². The van der Waals surface area contributed by atoms with Crippen LogP contribution in [0.3, 0.4) is 0 Å². The predicted molar refractivity (Wildman–Crippen MR) is 94.0 cm³/mol. The molecule has 128 valence electrons. The summed E-state index contributed by atoms with van der Waals surface area (Å²) >= 11 is 3.40. The molecule has 2 rings (SSSR count). The van der Waals surface area contributed by atoms with E-state index in [1.165, 1.54) is 12.1 Å². The van der Waals surface area contributed by atoms with Crippen molar-refractivity contribution in [1.29, 1.82) is 0 Å². The Balaban J connectivity index is 1.83. The lowest BCUT2D eigenvalue weighted by Crippen LogP contribution is -2.28. The highest BCUT2D eigenvalue weighted by atomic mass is 79.9. The zero-order chi connectivity index (χ0) is 17.7. The van der Waals surface area contributed by atoms with Gasteiger partial charge in [-0.1, -0.05) is 28.1 Å². The maximum absolute atomic E-state index is 11.8. The minimum absolute atomic E-state index is 0.0338. The maximum atomic E-state index is 11.8. The molecule has 0 aromatic heterocycles. The van der Waals surface area contributed by atoms with E-state index in [0.717, 1.165) is 15.6 Å². The zero-order valence-electron chi connectivity index (χ0n) is 13.0. The fourth-order valence-electron chi connectivity index (χ4n) is 1.90. The van der Waals surface area contributed by atoms with Gasteiger partial charge in [0.05, 0.1) is 4.90 Å². The molecule has 8 heteroatoms. The Labute approximate surface area is 149 Å². The third-order valence-electron chi connectivity index (χ3n) is 3.24. The Hall–Kier alpha value is -1.90. The van der Waals surface area contributed by atoms with Crippen LogP contribution in [0.2, 0.25) is 0 Å². The quantitative estimate of drug-likeness (QED) is 0.758. The molecule has 2 aromatic rings. The monoisotopic (exact) mass is 412 g/mol. The van der Waals surface area contributed by atoms with Gasteiger partial charge in [-0.2, -0.15) is 0 Å². The molecule has 0 fully saturated rings. The van der Waals surface area contributed by atoms with Gasteiger partial charge in [0.25, 0.3) is 5.91 Å². The van der Waals surface area contributed by atoms with Crippen LogP contribution in [0.15, 0.2) is 51.8 Å². The number of hydrogen-bond donors (Lipinski definition) is 2. The molecule has 6 nitrogen and oxygen atoms in total. The summed E-state index contributed by atoms with van der Waals surface area (Å²) in [5.41, 5.74) is 1.78. The van der Waals surface area contributed by atoms with E-state index >= 15 is 0 Å². The van der Waals surface area contributed by atoms with Crippen molar-refractivity contribution in [3.8, 4) is 5.75 Å². The predicted octanol–water partition coefficient (Wildman–Crippen LogP) is 2.10. The first kappa shape index (κ1) is 18.4. The van der Waals surface area contributed by atoms with Crippen LogP contribution in [-0.2, 0) is 21.4 Å². The van der Waals surface area contributed by atoms with E-state index in [2.05, 4.69) is 21.2 Å². The van der Waals surface area contributed by atoms with E-state index in [9.17, 15) is 13.2 Å². The summed E-state index contributed by atoms with van der Waals surface area (Å²) < 4.78 is 28.7. The summed E-state index contributed by atoms with van der Waals surface area (Å²) in [4.78, 5) is 11.8. The van der Waals surface area contributed by atoms with E-state index in [-0.39, 0.29) is 24.0 Å². The van der Waals surface area contributed by atoms with Crippen LogP contribution in [0.4, 0.5) is 0 Å². The van der Waals surface area contributed by atoms with Gasteiger partial charge in [-0.25, -0.2) is 13.6 Å². The van der Waals surface area contributed by atoms with E-state index < -0.39 is 10.0 Å². The van der Waals surface area contributed by atoms with E-state index in [1.54, 1.807) is 18.2 Å². The lowest BCUT2D eigenvalue weighted by Gasteiger charge is -2.09. The molecule has 0 aliphatic heterocycles. The number of halogens is 1. The van der Waals surface area contributed by atoms with E-state index in [0.29, 0.717) is 5.75 Å². The molecule has 1 amide bonds. The molecule has 0 saturated heterocycles. The van der Waals surface area contributed by atoms with Crippen LogP contribution in [0, 0.1) is 6.92 Å². The van der Waals surface area contributed by atoms with Gasteiger partial charge in [-0.05, 0) is 48.4 Å². The van der Waals surface area contributed by atoms with Gasteiger partial charge in [0.15, 0.2) is 6.61 Å². The van der Waals surface area contributed by atoms with E-state index in [4.69, 9.17) is 9.88 Å². The molecule has 0 spiro atoms. The highest BCUT2D eigenvalue weighted by Gasteiger charge is 2.08. The van der Waals surface area contributed by atoms with Crippen LogP contribution < -0.4 is 15.2 Å². The van der Waals surface area contributed by atoms with Crippen molar-refractivity contribution in [2.75, 3.05) is 6.61 Å². The number of aryl methyl sites for hydroxylation is 1. The summed E-state index contributed by atoms with van der Waals surface area (Å²) in [7, 11) is -3.71. The normalized spacial score (nSPS) is 11.1. The number of rotatable bonds is 6. The number of sulfonamides is 1. The zero-order valence-corrected chi connectivity index (χ0v) is 15.4. The van der Waals surface area contributed by atoms with Crippen molar-refractivity contribution in [3.05, 3.63) is 58.1 Å². The van der Waals surface area contributed by atoms with Gasteiger partial charge in [0.1, 0.15) is 5.75 Å². The van der Waals surface area contributed by atoms with Crippen LogP contribution in [0.25, 0.3) is 0 Å². The van der Waals surface area contributed by atoms with Crippen LogP contribution in [-0.4, -0.2) is 20.9 Å². The largest absolute Gasteiger partial charge is 0.484 e. The number of carbonyl (C=O) groups excluding carboxylic acids is 1. The molecule has 0 saturated carbocycles. The fourth-order valence-corrected chi connectivity index (χ4v) is 2.67. The maximum Gasteiger partial charge on any atom is 0.258 e. The lowest BCUT2D eigenvalue weighted by molar-refractivity contribution is -0.123. The fraction of sp³-hybridized carbons (Fsp3) is 0.188. The molecular weight excluding hydrogens is 396 g/mol. The minimum Gasteiger partial charge on any atom is -0.484 e. The molecule has 0 aliphatic rings. The Bertz CT molecular complexity index is 836. The van der Waals surface area contributed by atoms with E-state index in [1.807, 2.05) is 19.1 Å². The molecule has 2 aromatic carbocycles. The Morgan fingerprint density at radius 3 is 2.46 bits per heavy atom. The van der Waals surface area contributed by atoms with Crippen molar-refractivity contribution in [2.24, 2.45) is 5.14 Å². The second-order valence-electron chi connectivity index (χ2n) is 5.17. The Kier molecular flexibility index (Phi) is 5.98. The first-order chi connectivity index (χ1) is 11.3. The minimum atomic E-state index is -3.71. The average molecular weight is 413 g/mol. The number of nitrogens with two attached hydrogens (primary N) is 1. The third-order valence-corrected chi connectivity index (χ3v) is 5.06. The second kappa shape index (κ2) is 7.78. The van der Waals surface area contributed by atoms with Gasteiger partial charge < -0.3 is 10.1 Å². The van der Waals surface area contributed by atoms with Gasteiger partial charge in [-0.15, -0.1) is 0 Å². The molecular formula is C16H17BrN2O4S. The highest BCUT2D eigenvalue weighted by Crippen LogP contribution is 2.21.